The Hall–Kier alpha value is -1.43. The van der Waals surface area contributed by atoms with Crippen molar-refractivity contribution in [1.29, 1.82) is 0 Å². The van der Waals surface area contributed by atoms with Crippen LogP contribution in [0.1, 0.15) is 0 Å². The van der Waals surface area contributed by atoms with Gasteiger partial charge in [-0.15, -0.1) is 0 Å². The lowest BCUT2D eigenvalue weighted by atomic mass is 10.2. The van der Waals surface area contributed by atoms with Gasteiger partial charge in [-0.3, -0.25) is 19.3 Å². The summed E-state index contributed by atoms with van der Waals surface area (Å²) in [4.78, 5) is 34.9. The van der Waals surface area contributed by atoms with Crippen molar-refractivity contribution in [1.82, 2.24) is 4.90 Å². The van der Waals surface area contributed by atoms with Gasteiger partial charge in [0.1, 0.15) is 0 Å². The Kier molecular flexibility index (Phi) is 2.22. The highest BCUT2D eigenvalue weighted by Gasteiger charge is 2.70. The van der Waals surface area contributed by atoms with Gasteiger partial charge in [-0.05, 0) is 0 Å². The van der Waals surface area contributed by atoms with Crippen LogP contribution in [-0.4, -0.2) is 48.1 Å². The predicted octanol–water partition coefficient (Wildman–Crippen LogP) is -1.05. The van der Waals surface area contributed by atoms with Gasteiger partial charge in [0.15, 0.2) is 0 Å². The quantitative estimate of drug-likeness (QED) is 0.602. The number of imide groups is 1. The molecule has 0 aromatic heterocycles. The second-order valence-electron chi connectivity index (χ2n) is 3.74. The van der Waals surface area contributed by atoms with Crippen LogP contribution < -0.4 is 0 Å². The van der Waals surface area contributed by atoms with E-state index >= 15 is 0 Å². The largest absolute Gasteiger partial charge is 0.481 e. The number of nitrogens with zero attached hydrogens (tertiary/aromatic N) is 1. The molecule has 1 aliphatic heterocycles. The molecule has 2 aliphatic rings. The Morgan fingerprint density at radius 3 is 2.33 bits per heavy atom. The average Bonchev–Trinajstić information content (AvgIpc) is 2.86. The number of hydrogen-bond acceptors (Lipinski definition) is 4. The van der Waals surface area contributed by atoms with Crippen LogP contribution in [0.5, 0.6) is 0 Å². The maximum atomic E-state index is 11.6. The molecule has 6 heteroatoms. The van der Waals surface area contributed by atoms with E-state index in [4.69, 9.17) is 9.84 Å². The van der Waals surface area contributed by atoms with E-state index in [0.29, 0.717) is 0 Å². The van der Waals surface area contributed by atoms with Gasteiger partial charge in [0.05, 0.1) is 30.9 Å². The minimum Gasteiger partial charge on any atom is -0.481 e. The first-order valence-corrected chi connectivity index (χ1v) is 4.66. The number of carboxylic acid groups (broad SMARTS) is 1. The van der Waals surface area contributed by atoms with E-state index in [1.54, 1.807) is 0 Å². The van der Waals surface area contributed by atoms with Crippen molar-refractivity contribution in [2.75, 3.05) is 20.3 Å². The average molecular weight is 213 g/mol. The first-order valence-electron chi connectivity index (χ1n) is 4.66. The highest BCUT2D eigenvalue weighted by molar-refractivity contribution is 6.13. The lowest BCUT2D eigenvalue weighted by Gasteiger charge is -2.16. The summed E-state index contributed by atoms with van der Waals surface area (Å²) < 4.78 is 4.76. The molecule has 6 nitrogen and oxygen atoms in total. The number of carbonyl (C=O) groups excluding carboxylic acids is 2. The molecule has 0 aromatic rings. The molecule has 0 aromatic carbocycles. The molecule has 1 N–H and O–H groups in total. The van der Waals surface area contributed by atoms with Gasteiger partial charge in [0.25, 0.3) is 0 Å². The zero-order valence-corrected chi connectivity index (χ0v) is 8.17. The first-order chi connectivity index (χ1) is 7.09. The van der Waals surface area contributed by atoms with Crippen molar-refractivity contribution >= 4 is 17.8 Å². The summed E-state index contributed by atoms with van der Waals surface area (Å²) in [6.45, 7) is 0.502. The third-order valence-corrected chi connectivity index (χ3v) is 2.93. The molecule has 1 heterocycles. The number of rotatable bonds is 4. The summed E-state index contributed by atoms with van der Waals surface area (Å²) in [5, 5.41) is 8.71. The maximum absolute atomic E-state index is 11.6. The number of carboxylic acids is 1. The number of amides is 2. The Bertz CT molecular complexity index is 317. The van der Waals surface area contributed by atoms with E-state index in [0.717, 1.165) is 4.90 Å². The van der Waals surface area contributed by atoms with E-state index in [2.05, 4.69) is 0 Å². The van der Waals surface area contributed by atoms with Gasteiger partial charge >= 0.3 is 5.97 Å². The van der Waals surface area contributed by atoms with Crippen molar-refractivity contribution in [3.8, 4) is 0 Å². The second kappa shape index (κ2) is 3.30. The number of carbonyl (C=O) groups is 3. The number of ether oxygens (including phenoxy) is 1. The van der Waals surface area contributed by atoms with Crippen LogP contribution in [0.15, 0.2) is 0 Å². The van der Waals surface area contributed by atoms with Crippen molar-refractivity contribution in [3.05, 3.63) is 0 Å². The number of aliphatic carboxylic acids is 1. The Labute approximate surface area is 85.8 Å². The SMILES string of the molecule is COCCN1C(=O)C2C(C(=O)O)C2C1=O. The van der Waals surface area contributed by atoms with Crippen LogP contribution in [0.2, 0.25) is 0 Å². The van der Waals surface area contributed by atoms with E-state index in [9.17, 15) is 14.4 Å². The predicted molar refractivity (Wildman–Crippen MR) is 46.7 cm³/mol. The molecule has 2 fully saturated rings. The molecule has 2 atom stereocenters. The number of hydrogen-bond donors (Lipinski definition) is 1. The summed E-state index contributed by atoms with van der Waals surface area (Å²) in [6, 6.07) is 0. The smallest absolute Gasteiger partial charge is 0.308 e. The highest BCUT2D eigenvalue weighted by atomic mass is 16.5. The molecule has 2 unspecified atom stereocenters. The summed E-state index contributed by atoms with van der Waals surface area (Å²) in [6.07, 6.45) is 0. The highest BCUT2D eigenvalue weighted by Crippen LogP contribution is 2.53. The monoisotopic (exact) mass is 213 g/mol. The summed E-state index contributed by atoms with van der Waals surface area (Å²) >= 11 is 0. The molecule has 0 radical (unpaired) electrons. The van der Waals surface area contributed by atoms with Crippen molar-refractivity contribution < 1.29 is 24.2 Å². The fourth-order valence-electron chi connectivity index (χ4n) is 2.10. The Morgan fingerprint density at radius 1 is 1.40 bits per heavy atom. The van der Waals surface area contributed by atoms with E-state index < -0.39 is 23.7 Å². The standard InChI is InChI=1S/C9H11NO5/c1-15-3-2-10-7(11)4-5(8(10)12)6(4)9(13)14/h4-6H,2-3H2,1H3,(H,13,14). The van der Waals surface area contributed by atoms with Gasteiger partial charge in [-0.1, -0.05) is 0 Å². The van der Waals surface area contributed by atoms with E-state index in [-0.39, 0.29) is 25.0 Å². The zero-order chi connectivity index (χ0) is 11.2. The normalized spacial score (nSPS) is 33.1. The lowest BCUT2D eigenvalue weighted by molar-refractivity contribution is -0.149. The lowest BCUT2D eigenvalue weighted by Crippen LogP contribution is -2.37. The van der Waals surface area contributed by atoms with Gasteiger partial charge < -0.3 is 9.84 Å². The van der Waals surface area contributed by atoms with Gasteiger partial charge in [-0.25, -0.2) is 0 Å². The third kappa shape index (κ3) is 1.32. The van der Waals surface area contributed by atoms with Crippen LogP contribution >= 0.6 is 0 Å². The number of methoxy groups -OCH3 is 1. The summed E-state index contributed by atoms with van der Waals surface area (Å²) in [7, 11) is 1.48. The molecule has 1 aliphatic carbocycles. The van der Waals surface area contributed by atoms with Crippen LogP contribution in [0, 0.1) is 17.8 Å². The van der Waals surface area contributed by atoms with Crippen molar-refractivity contribution in [3.63, 3.8) is 0 Å². The summed E-state index contributed by atoms with van der Waals surface area (Å²) in [5.41, 5.74) is 0. The van der Waals surface area contributed by atoms with Gasteiger partial charge in [0.2, 0.25) is 11.8 Å². The maximum Gasteiger partial charge on any atom is 0.308 e. The second-order valence-corrected chi connectivity index (χ2v) is 3.74. The third-order valence-electron chi connectivity index (χ3n) is 2.93. The minimum atomic E-state index is -1.06. The molecule has 2 amide bonds. The molecular formula is C9H11NO5. The Morgan fingerprint density at radius 2 is 1.93 bits per heavy atom. The van der Waals surface area contributed by atoms with Crippen LogP contribution in [0.25, 0.3) is 0 Å². The minimum absolute atomic E-state index is 0.216. The van der Waals surface area contributed by atoms with Crippen LogP contribution in [0.3, 0.4) is 0 Å². The molecule has 0 bridgehead atoms. The van der Waals surface area contributed by atoms with Crippen LogP contribution in [0.4, 0.5) is 0 Å². The molecule has 15 heavy (non-hydrogen) atoms. The first kappa shape index (κ1) is 10.1. The number of piperidine rings is 1. The fourth-order valence-corrected chi connectivity index (χ4v) is 2.10. The topological polar surface area (TPSA) is 83.9 Å². The zero-order valence-electron chi connectivity index (χ0n) is 8.17. The molecule has 1 saturated carbocycles. The van der Waals surface area contributed by atoms with Gasteiger partial charge in [0, 0.05) is 7.11 Å². The molecule has 2 rings (SSSR count). The molecule has 0 spiro atoms. The van der Waals surface area contributed by atoms with E-state index in [1.807, 2.05) is 0 Å². The van der Waals surface area contributed by atoms with Crippen LogP contribution in [-0.2, 0) is 19.1 Å². The van der Waals surface area contributed by atoms with E-state index in [1.165, 1.54) is 7.11 Å². The van der Waals surface area contributed by atoms with Gasteiger partial charge in [-0.2, -0.15) is 0 Å². The summed E-state index contributed by atoms with van der Waals surface area (Å²) in [5.74, 6) is -3.82. The number of likely N-dealkylation sites (tertiary alicyclic amines) is 1. The van der Waals surface area contributed by atoms with Crippen molar-refractivity contribution in [2.45, 2.75) is 0 Å². The Balaban J connectivity index is 2.04. The molecule has 82 valence electrons. The molecular weight excluding hydrogens is 202 g/mol. The molecule has 1 saturated heterocycles. The fraction of sp³-hybridized carbons (Fsp3) is 0.667. The number of fused-ring (bicyclic) bond motifs is 1. The van der Waals surface area contributed by atoms with Crippen molar-refractivity contribution in [2.24, 2.45) is 17.8 Å².